The summed E-state index contributed by atoms with van der Waals surface area (Å²) in [7, 11) is 0. The van der Waals surface area contributed by atoms with Gasteiger partial charge in [-0.1, -0.05) is 18.2 Å². The quantitative estimate of drug-likeness (QED) is 0.686. The monoisotopic (exact) mass is 267 g/mol. The van der Waals surface area contributed by atoms with Crippen molar-refractivity contribution in [1.82, 2.24) is 14.9 Å². The van der Waals surface area contributed by atoms with Gasteiger partial charge < -0.3 is 14.9 Å². The Balaban J connectivity index is 1.56. The lowest BCUT2D eigenvalue weighted by atomic mass is 10.1. The summed E-state index contributed by atoms with van der Waals surface area (Å²) >= 11 is 0. The number of aromatic amines is 1. The standard InChI is InChI=1S/C16H17N3O/c20-16(17-8-5-11-19-9-3-4-10-19)14-12-18-15-7-2-1-6-13(14)15/h1-4,6-7,9-10,12,18H,5,8,11H2,(H,17,20). The lowest BCUT2D eigenvalue weighted by Crippen LogP contribution is -2.24. The van der Waals surface area contributed by atoms with Crippen LogP contribution in [-0.2, 0) is 6.54 Å². The molecule has 3 rings (SSSR count). The van der Waals surface area contributed by atoms with Gasteiger partial charge in [0.15, 0.2) is 0 Å². The molecule has 2 aromatic heterocycles. The van der Waals surface area contributed by atoms with Crippen LogP contribution in [0.1, 0.15) is 16.8 Å². The van der Waals surface area contributed by atoms with Crippen LogP contribution in [0.5, 0.6) is 0 Å². The number of hydrogen-bond donors (Lipinski definition) is 2. The molecule has 1 aromatic carbocycles. The molecule has 0 radical (unpaired) electrons. The summed E-state index contributed by atoms with van der Waals surface area (Å²) in [5, 5.41) is 3.94. The molecule has 0 spiro atoms. The van der Waals surface area contributed by atoms with Crippen molar-refractivity contribution in [3.05, 3.63) is 60.6 Å². The number of H-pyrrole nitrogens is 1. The molecule has 4 heteroatoms. The fourth-order valence-corrected chi connectivity index (χ4v) is 2.34. The molecule has 0 aliphatic carbocycles. The number of aromatic nitrogens is 2. The number of amides is 1. The number of fused-ring (bicyclic) bond motifs is 1. The molecule has 0 atom stereocenters. The van der Waals surface area contributed by atoms with E-state index in [1.54, 1.807) is 6.20 Å². The highest BCUT2D eigenvalue weighted by molar-refractivity contribution is 6.06. The van der Waals surface area contributed by atoms with Crippen molar-refractivity contribution in [2.24, 2.45) is 0 Å². The van der Waals surface area contributed by atoms with Crippen molar-refractivity contribution < 1.29 is 4.79 Å². The van der Waals surface area contributed by atoms with Crippen LogP contribution in [0, 0.1) is 0 Å². The van der Waals surface area contributed by atoms with E-state index in [1.807, 2.05) is 48.8 Å². The summed E-state index contributed by atoms with van der Waals surface area (Å²) in [4.78, 5) is 15.3. The predicted octanol–water partition coefficient (Wildman–Crippen LogP) is 2.79. The van der Waals surface area contributed by atoms with Gasteiger partial charge in [-0.3, -0.25) is 4.79 Å². The number of carbonyl (C=O) groups is 1. The van der Waals surface area contributed by atoms with Crippen LogP contribution < -0.4 is 5.32 Å². The van der Waals surface area contributed by atoms with E-state index in [0.29, 0.717) is 12.1 Å². The molecule has 3 aromatic rings. The predicted molar refractivity (Wildman–Crippen MR) is 79.7 cm³/mol. The van der Waals surface area contributed by atoms with Gasteiger partial charge in [-0.15, -0.1) is 0 Å². The summed E-state index contributed by atoms with van der Waals surface area (Å²) in [6.07, 6.45) is 6.75. The zero-order chi connectivity index (χ0) is 13.8. The smallest absolute Gasteiger partial charge is 0.253 e. The maximum atomic E-state index is 12.1. The molecular weight excluding hydrogens is 250 g/mol. The Kier molecular flexibility index (Phi) is 3.54. The molecular formula is C16H17N3O. The average molecular weight is 267 g/mol. The van der Waals surface area contributed by atoms with Crippen LogP contribution in [0.15, 0.2) is 55.0 Å². The van der Waals surface area contributed by atoms with Crippen LogP contribution in [0.3, 0.4) is 0 Å². The number of nitrogens with one attached hydrogen (secondary N) is 2. The van der Waals surface area contributed by atoms with E-state index in [4.69, 9.17) is 0 Å². The molecule has 0 saturated heterocycles. The molecule has 0 aliphatic rings. The van der Waals surface area contributed by atoms with Gasteiger partial charge in [0.1, 0.15) is 0 Å². The highest BCUT2D eigenvalue weighted by Gasteiger charge is 2.10. The number of hydrogen-bond acceptors (Lipinski definition) is 1. The summed E-state index contributed by atoms with van der Waals surface area (Å²) < 4.78 is 2.11. The van der Waals surface area contributed by atoms with E-state index in [2.05, 4.69) is 14.9 Å². The zero-order valence-corrected chi connectivity index (χ0v) is 11.2. The van der Waals surface area contributed by atoms with Crippen molar-refractivity contribution >= 4 is 16.8 Å². The van der Waals surface area contributed by atoms with Crippen LogP contribution in [0.2, 0.25) is 0 Å². The Morgan fingerprint density at radius 3 is 2.80 bits per heavy atom. The number of rotatable bonds is 5. The zero-order valence-electron chi connectivity index (χ0n) is 11.2. The maximum Gasteiger partial charge on any atom is 0.253 e. The first-order valence-electron chi connectivity index (χ1n) is 6.80. The Hall–Kier alpha value is -2.49. The van der Waals surface area contributed by atoms with Crippen molar-refractivity contribution in [2.75, 3.05) is 6.54 Å². The van der Waals surface area contributed by atoms with Crippen LogP contribution in [0.4, 0.5) is 0 Å². The topological polar surface area (TPSA) is 49.8 Å². The third-order valence-corrected chi connectivity index (χ3v) is 3.38. The van der Waals surface area contributed by atoms with Gasteiger partial charge in [0.2, 0.25) is 0 Å². The third kappa shape index (κ3) is 2.59. The van der Waals surface area contributed by atoms with Crippen molar-refractivity contribution in [2.45, 2.75) is 13.0 Å². The van der Waals surface area contributed by atoms with Gasteiger partial charge >= 0.3 is 0 Å². The molecule has 0 fully saturated rings. The lowest BCUT2D eigenvalue weighted by molar-refractivity contribution is 0.0954. The Bertz CT molecular complexity index is 697. The Labute approximate surface area is 117 Å². The number of nitrogens with zero attached hydrogens (tertiary/aromatic N) is 1. The molecule has 0 aliphatic heterocycles. The number of benzene rings is 1. The van der Waals surface area contributed by atoms with Gasteiger partial charge in [0.25, 0.3) is 5.91 Å². The second-order valence-corrected chi connectivity index (χ2v) is 4.78. The normalized spacial score (nSPS) is 10.8. The van der Waals surface area contributed by atoms with Crippen molar-refractivity contribution in [3.63, 3.8) is 0 Å². The molecule has 2 heterocycles. The summed E-state index contributed by atoms with van der Waals surface area (Å²) in [5.41, 5.74) is 1.70. The van der Waals surface area contributed by atoms with Gasteiger partial charge in [-0.2, -0.15) is 0 Å². The minimum absolute atomic E-state index is 0.0186. The average Bonchev–Trinajstić information content (AvgIpc) is 3.12. The van der Waals surface area contributed by atoms with Crippen LogP contribution in [0.25, 0.3) is 10.9 Å². The molecule has 4 nitrogen and oxygen atoms in total. The number of carbonyl (C=O) groups excluding carboxylic acids is 1. The van der Waals surface area contributed by atoms with E-state index >= 15 is 0 Å². The molecule has 102 valence electrons. The minimum atomic E-state index is -0.0186. The van der Waals surface area contributed by atoms with E-state index < -0.39 is 0 Å². The van der Waals surface area contributed by atoms with Gasteiger partial charge in [-0.25, -0.2) is 0 Å². The second-order valence-electron chi connectivity index (χ2n) is 4.78. The summed E-state index contributed by atoms with van der Waals surface area (Å²) in [6, 6.07) is 11.8. The minimum Gasteiger partial charge on any atom is -0.360 e. The SMILES string of the molecule is O=C(NCCCn1cccc1)c1c[nH]c2ccccc12. The second kappa shape index (κ2) is 5.65. The van der Waals surface area contributed by atoms with Gasteiger partial charge in [0.05, 0.1) is 5.56 Å². The van der Waals surface area contributed by atoms with Crippen molar-refractivity contribution in [3.8, 4) is 0 Å². The highest BCUT2D eigenvalue weighted by Crippen LogP contribution is 2.17. The van der Waals surface area contributed by atoms with Crippen molar-refractivity contribution in [1.29, 1.82) is 0 Å². The maximum absolute atomic E-state index is 12.1. The number of para-hydroxylation sites is 1. The Morgan fingerprint density at radius 1 is 1.15 bits per heavy atom. The fourth-order valence-electron chi connectivity index (χ4n) is 2.34. The summed E-state index contributed by atoms with van der Waals surface area (Å²) in [6.45, 7) is 1.59. The Morgan fingerprint density at radius 2 is 1.95 bits per heavy atom. The van der Waals surface area contributed by atoms with Gasteiger partial charge in [-0.05, 0) is 24.6 Å². The molecule has 0 saturated carbocycles. The molecule has 20 heavy (non-hydrogen) atoms. The van der Waals surface area contributed by atoms with Crippen LogP contribution in [-0.4, -0.2) is 22.0 Å². The molecule has 0 unspecified atom stereocenters. The lowest BCUT2D eigenvalue weighted by Gasteiger charge is -2.05. The molecule has 2 N–H and O–H groups in total. The summed E-state index contributed by atoms with van der Waals surface area (Å²) in [5.74, 6) is -0.0186. The largest absolute Gasteiger partial charge is 0.360 e. The first-order chi connectivity index (χ1) is 9.84. The first kappa shape index (κ1) is 12.5. The van der Waals surface area contributed by atoms with E-state index in [0.717, 1.165) is 23.9 Å². The highest BCUT2D eigenvalue weighted by atomic mass is 16.1. The van der Waals surface area contributed by atoms with E-state index in [-0.39, 0.29) is 5.91 Å². The fraction of sp³-hybridized carbons (Fsp3) is 0.188. The van der Waals surface area contributed by atoms with Crippen LogP contribution >= 0.6 is 0 Å². The van der Waals surface area contributed by atoms with E-state index in [9.17, 15) is 4.79 Å². The first-order valence-corrected chi connectivity index (χ1v) is 6.80. The van der Waals surface area contributed by atoms with Gasteiger partial charge in [0, 0.05) is 42.6 Å². The van der Waals surface area contributed by atoms with E-state index in [1.165, 1.54) is 0 Å². The number of aryl methyl sites for hydroxylation is 1. The third-order valence-electron chi connectivity index (χ3n) is 3.38. The molecule has 1 amide bonds. The molecule has 0 bridgehead atoms.